The fourth-order valence-electron chi connectivity index (χ4n) is 4.03. The number of likely N-dealkylation sites (tertiary alicyclic amines) is 1. The zero-order chi connectivity index (χ0) is 20.4. The van der Waals surface area contributed by atoms with Crippen molar-refractivity contribution in [3.63, 3.8) is 0 Å². The summed E-state index contributed by atoms with van der Waals surface area (Å²) in [6, 6.07) is 0.121. The average Bonchev–Trinajstić information content (AvgIpc) is 3.11. The van der Waals surface area contributed by atoms with Crippen LogP contribution < -0.4 is 10.6 Å². The molecular weight excluding hydrogens is 370 g/mol. The van der Waals surface area contributed by atoms with Crippen LogP contribution in [-0.4, -0.2) is 52.5 Å². The minimum atomic E-state index is -0.103. The van der Waals surface area contributed by atoms with Gasteiger partial charge in [0.2, 0.25) is 11.8 Å². The van der Waals surface area contributed by atoms with E-state index in [4.69, 9.17) is 0 Å². The molecule has 2 rings (SSSR count). The van der Waals surface area contributed by atoms with Gasteiger partial charge in [0, 0.05) is 31.3 Å². The van der Waals surface area contributed by atoms with Gasteiger partial charge in [-0.3, -0.25) is 14.9 Å². The van der Waals surface area contributed by atoms with E-state index < -0.39 is 0 Å². The summed E-state index contributed by atoms with van der Waals surface area (Å²) in [7, 11) is 0. The van der Waals surface area contributed by atoms with Crippen LogP contribution in [0.4, 0.5) is 0 Å². The fraction of sp³-hybridized carbons (Fsp3) is 0.909. The number of rotatable bonds is 11. The maximum atomic E-state index is 12.5. The molecule has 0 aromatic carbocycles. The van der Waals surface area contributed by atoms with Crippen molar-refractivity contribution in [2.24, 2.45) is 0 Å². The molecule has 2 atom stereocenters. The van der Waals surface area contributed by atoms with Gasteiger partial charge in [-0.05, 0) is 32.6 Å². The molecule has 2 aliphatic rings. The molecule has 2 saturated heterocycles. The van der Waals surface area contributed by atoms with Crippen molar-refractivity contribution in [2.75, 3.05) is 18.8 Å². The van der Waals surface area contributed by atoms with E-state index in [0.717, 1.165) is 44.5 Å². The third-order valence-corrected chi connectivity index (χ3v) is 7.78. The van der Waals surface area contributed by atoms with Crippen LogP contribution in [0, 0.1) is 0 Å². The van der Waals surface area contributed by atoms with Crippen molar-refractivity contribution < 1.29 is 9.59 Å². The molecule has 2 amide bonds. The lowest BCUT2D eigenvalue weighted by atomic mass is 10.0. The summed E-state index contributed by atoms with van der Waals surface area (Å²) in [6.07, 6.45) is 12.2. The Morgan fingerprint density at radius 2 is 1.75 bits per heavy atom. The number of nitrogens with one attached hydrogen (secondary N) is 2. The molecule has 2 unspecified atom stereocenters. The van der Waals surface area contributed by atoms with Crippen molar-refractivity contribution in [1.82, 2.24) is 15.5 Å². The second-order valence-electron chi connectivity index (χ2n) is 8.57. The first-order valence-electron chi connectivity index (χ1n) is 11.5. The topological polar surface area (TPSA) is 61.4 Å². The number of unbranched alkanes of at least 4 members (excludes halogenated alkanes) is 6. The zero-order valence-corrected chi connectivity index (χ0v) is 19.0. The lowest BCUT2D eigenvalue weighted by molar-refractivity contribution is -0.133. The quantitative estimate of drug-likeness (QED) is 0.503. The van der Waals surface area contributed by atoms with E-state index in [1.807, 2.05) is 23.6 Å². The van der Waals surface area contributed by atoms with Crippen LogP contribution >= 0.6 is 11.8 Å². The smallest absolute Gasteiger partial charge is 0.238 e. The molecule has 28 heavy (non-hydrogen) atoms. The predicted molar refractivity (Wildman–Crippen MR) is 118 cm³/mol. The number of carbonyl (C=O) groups is 2. The monoisotopic (exact) mass is 411 g/mol. The third-order valence-electron chi connectivity index (χ3n) is 6.20. The Balaban J connectivity index is 1.64. The van der Waals surface area contributed by atoms with E-state index in [-0.39, 0.29) is 22.9 Å². The number of carbonyl (C=O) groups excluding carboxylic acids is 2. The van der Waals surface area contributed by atoms with Gasteiger partial charge in [-0.25, -0.2) is 0 Å². The van der Waals surface area contributed by atoms with Crippen LogP contribution in [0.1, 0.15) is 91.4 Å². The molecule has 0 bridgehead atoms. The van der Waals surface area contributed by atoms with Crippen molar-refractivity contribution in [2.45, 2.75) is 108 Å². The molecule has 0 aromatic heterocycles. The third kappa shape index (κ3) is 7.25. The van der Waals surface area contributed by atoms with Crippen LogP contribution in [0.5, 0.6) is 0 Å². The number of thioether (sulfide) groups is 1. The highest BCUT2D eigenvalue weighted by molar-refractivity contribution is 8.01. The molecule has 0 saturated carbocycles. The molecule has 2 fully saturated rings. The minimum absolute atomic E-state index is 0.0203. The maximum absolute atomic E-state index is 12.5. The number of hydrogen-bond donors (Lipinski definition) is 2. The van der Waals surface area contributed by atoms with Crippen molar-refractivity contribution in [3.8, 4) is 0 Å². The highest BCUT2D eigenvalue weighted by Crippen LogP contribution is 2.39. The SMILES string of the molecule is CCCCCCCCCC(=O)N1CCC2(CC1)NC(C(=O)NC(C)CC)CS2. The molecule has 1 spiro atoms. The maximum Gasteiger partial charge on any atom is 0.238 e. The van der Waals surface area contributed by atoms with Gasteiger partial charge < -0.3 is 10.2 Å². The Morgan fingerprint density at radius 1 is 1.11 bits per heavy atom. The first-order chi connectivity index (χ1) is 13.5. The summed E-state index contributed by atoms with van der Waals surface area (Å²) in [5.41, 5.74) is 0. The summed E-state index contributed by atoms with van der Waals surface area (Å²) in [4.78, 5) is 26.9. The lowest BCUT2D eigenvalue weighted by Gasteiger charge is -2.39. The molecule has 162 valence electrons. The number of amides is 2. The zero-order valence-electron chi connectivity index (χ0n) is 18.2. The van der Waals surface area contributed by atoms with Crippen molar-refractivity contribution >= 4 is 23.6 Å². The molecule has 0 aliphatic carbocycles. The van der Waals surface area contributed by atoms with Gasteiger partial charge >= 0.3 is 0 Å². The highest BCUT2D eigenvalue weighted by atomic mass is 32.2. The minimum Gasteiger partial charge on any atom is -0.352 e. The van der Waals surface area contributed by atoms with Gasteiger partial charge in [0.05, 0.1) is 10.9 Å². The van der Waals surface area contributed by atoms with Crippen molar-refractivity contribution in [1.29, 1.82) is 0 Å². The Labute approximate surface area is 176 Å². The van der Waals surface area contributed by atoms with E-state index >= 15 is 0 Å². The van der Waals surface area contributed by atoms with E-state index in [2.05, 4.69) is 24.5 Å². The molecule has 2 aliphatic heterocycles. The van der Waals surface area contributed by atoms with Gasteiger partial charge in [0.1, 0.15) is 0 Å². The van der Waals surface area contributed by atoms with Crippen LogP contribution in [-0.2, 0) is 9.59 Å². The molecule has 0 radical (unpaired) electrons. The lowest BCUT2D eigenvalue weighted by Crippen LogP contribution is -2.55. The van der Waals surface area contributed by atoms with Gasteiger partial charge in [0.15, 0.2) is 0 Å². The van der Waals surface area contributed by atoms with Crippen molar-refractivity contribution in [3.05, 3.63) is 0 Å². The average molecular weight is 412 g/mol. The predicted octanol–water partition coefficient (Wildman–Crippen LogP) is 4.07. The molecule has 0 aromatic rings. The molecular formula is C22H41N3O2S. The van der Waals surface area contributed by atoms with Crippen LogP contribution in [0.2, 0.25) is 0 Å². The first-order valence-corrected chi connectivity index (χ1v) is 12.5. The Kier molecular flexibility index (Phi) is 10.1. The normalized spacial score (nSPS) is 22.4. The van der Waals surface area contributed by atoms with E-state index in [9.17, 15) is 9.59 Å². The Bertz CT molecular complexity index is 492. The highest BCUT2D eigenvalue weighted by Gasteiger charge is 2.44. The number of nitrogens with zero attached hydrogens (tertiary/aromatic N) is 1. The Hall–Kier alpha value is -0.750. The van der Waals surface area contributed by atoms with Crippen LogP contribution in [0.25, 0.3) is 0 Å². The molecule has 5 nitrogen and oxygen atoms in total. The van der Waals surface area contributed by atoms with E-state index in [1.54, 1.807) is 0 Å². The van der Waals surface area contributed by atoms with Crippen LogP contribution in [0.15, 0.2) is 0 Å². The largest absolute Gasteiger partial charge is 0.352 e. The van der Waals surface area contributed by atoms with Crippen LogP contribution in [0.3, 0.4) is 0 Å². The molecule has 2 N–H and O–H groups in total. The number of piperidine rings is 1. The fourth-order valence-corrected chi connectivity index (χ4v) is 5.45. The van der Waals surface area contributed by atoms with Gasteiger partial charge in [0.25, 0.3) is 0 Å². The first kappa shape index (κ1) is 23.5. The Morgan fingerprint density at radius 3 is 2.39 bits per heavy atom. The van der Waals surface area contributed by atoms with Gasteiger partial charge in [-0.15, -0.1) is 11.8 Å². The summed E-state index contributed by atoms with van der Waals surface area (Å²) >= 11 is 1.87. The van der Waals surface area contributed by atoms with E-state index in [0.29, 0.717) is 12.3 Å². The molecule has 2 heterocycles. The summed E-state index contributed by atoms with van der Waals surface area (Å²) < 4.78 is 0. The van der Waals surface area contributed by atoms with Gasteiger partial charge in [-0.2, -0.15) is 0 Å². The number of hydrogen-bond acceptors (Lipinski definition) is 4. The summed E-state index contributed by atoms with van der Waals surface area (Å²) in [5, 5.41) is 6.67. The second-order valence-corrected chi connectivity index (χ2v) is 9.98. The van der Waals surface area contributed by atoms with Gasteiger partial charge in [-0.1, -0.05) is 52.4 Å². The second kappa shape index (κ2) is 12.1. The summed E-state index contributed by atoms with van der Waals surface area (Å²) in [5.74, 6) is 1.27. The summed E-state index contributed by atoms with van der Waals surface area (Å²) in [6.45, 7) is 8.00. The molecule has 6 heteroatoms. The standard InChI is InChI=1S/C22H41N3O2S/c1-4-6-7-8-9-10-11-12-20(26)25-15-13-22(14-16-25)24-19(17-28-22)21(27)23-18(3)5-2/h18-19,24H,4-17H2,1-3H3,(H,23,27). The van der Waals surface area contributed by atoms with E-state index in [1.165, 1.54) is 38.5 Å².